The SMILES string of the molecule is CC(=O)Nc1nc(-c2ccc(OC(F)F)c(C(F)(F)F)c2)c(CN2CCC[C@H]2C)s1. The molecule has 1 N–H and O–H groups in total. The molecule has 1 fully saturated rings. The molecule has 1 amide bonds. The van der Waals surface area contributed by atoms with E-state index in [9.17, 15) is 26.7 Å². The lowest BCUT2D eigenvalue weighted by Crippen LogP contribution is -2.25. The molecule has 0 unspecified atom stereocenters. The largest absolute Gasteiger partial charge is 0.434 e. The molecule has 1 aromatic heterocycles. The van der Waals surface area contributed by atoms with Gasteiger partial charge in [-0.3, -0.25) is 9.69 Å². The number of hydrogen-bond donors (Lipinski definition) is 1. The number of halogens is 5. The first-order valence-corrected chi connectivity index (χ1v) is 10.0. The van der Waals surface area contributed by atoms with E-state index in [1.807, 2.05) is 0 Å². The first kappa shape index (κ1) is 22.4. The molecule has 0 aliphatic carbocycles. The van der Waals surface area contributed by atoms with Crippen LogP contribution in [-0.4, -0.2) is 35.0 Å². The lowest BCUT2D eigenvalue weighted by Gasteiger charge is -2.20. The maximum atomic E-state index is 13.4. The molecular formula is C19H20F5N3O2S. The van der Waals surface area contributed by atoms with Crippen molar-refractivity contribution in [1.29, 1.82) is 0 Å². The van der Waals surface area contributed by atoms with Gasteiger partial charge in [0.1, 0.15) is 5.75 Å². The van der Waals surface area contributed by atoms with Crippen molar-refractivity contribution in [3.8, 4) is 17.0 Å². The molecule has 1 aliphatic rings. The first-order valence-electron chi connectivity index (χ1n) is 9.22. The van der Waals surface area contributed by atoms with Gasteiger partial charge in [-0.05, 0) is 44.5 Å². The van der Waals surface area contributed by atoms with E-state index in [0.717, 1.165) is 31.5 Å². The van der Waals surface area contributed by atoms with E-state index < -0.39 is 24.1 Å². The molecule has 2 heterocycles. The van der Waals surface area contributed by atoms with Crippen molar-refractivity contribution in [1.82, 2.24) is 9.88 Å². The Morgan fingerprint density at radius 3 is 2.70 bits per heavy atom. The highest BCUT2D eigenvalue weighted by molar-refractivity contribution is 7.16. The zero-order valence-electron chi connectivity index (χ0n) is 16.2. The fourth-order valence-electron chi connectivity index (χ4n) is 3.40. The highest BCUT2D eigenvalue weighted by atomic mass is 32.1. The van der Waals surface area contributed by atoms with Gasteiger partial charge < -0.3 is 10.1 Å². The predicted molar refractivity (Wildman–Crippen MR) is 103 cm³/mol. The Labute approximate surface area is 173 Å². The highest BCUT2D eigenvalue weighted by Crippen LogP contribution is 2.41. The second kappa shape index (κ2) is 8.84. The number of alkyl halides is 5. The van der Waals surface area contributed by atoms with Gasteiger partial charge in [0.2, 0.25) is 5.91 Å². The summed E-state index contributed by atoms with van der Waals surface area (Å²) in [6.07, 6.45) is -2.85. The van der Waals surface area contributed by atoms with Gasteiger partial charge in [0.25, 0.3) is 0 Å². The molecule has 1 aliphatic heterocycles. The number of amides is 1. The number of nitrogens with one attached hydrogen (secondary N) is 1. The Morgan fingerprint density at radius 1 is 1.40 bits per heavy atom. The van der Waals surface area contributed by atoms with Crippen molar-refractivity contribution >= 4 is 22.4 Å². The first-order chi connectivity index (χ1) is 14.0. The molecule has 164 valence electrons. The fourth-order valence-corrected chi connectivity index (χ4v) is 4.45. The van der Waals surface area contributed by atoms with Gasteiger partial charge >= 0.3 is 12.8 Å². The molecule has 30 heavy (non-hydrogen) atoms. The maximum absolute atomic E-state index is 13.4. The van der Waals surface area contributed by atoms with Crippen LogP contribution in [0.4, 0.5) is 27.1 Å². The number of carbonyl (C=O) groups is 1. The molecule has 0 radical (unpaired) electrons. The van der Waals surface area contributed by atoms with Crippen molar-refractivity contribution in [2.45, 2.75) is 52.1 Å². The number of rotatable bonds is 6. The number of benzene rings is 1. The monoisotopic (exact) mass is 449 g/mol. The van der Waals surface area contributed by atoms with Gasteiger partial charge in [-0.15, -0.1) is 0 Å². The maximum Gasteiger partial charge on any atom is 0.419 e. The summed E-state index contributed by atoms with van der Waals surface area (Å²) in [6, 6.07) is 3.19. The fraction of sp³-hybridized carbons (Fsp3) is 0.474. The standard InChI is InChI=1S/C19H20F5N3O2S/c1-10-4-3-7-27(10)9-15-16(26-18(30-15)25-11(2)28)12-5-6-14(29-17(20)21)13(8-12)19(22,23)24/h5-6,8,10,17H,3-4,7,9H2,1-2H3,(H,25,26,28)/t10-/m1/s1. The second-order valence-electron chi connectivity index (χ2n) is 7.02. The Morgan fingerprint density at radius 2 is 2.13 bits per heavy atom. The van der Waals surface area contributed by atoms with Crippen LogP contribution in [0.5, 0.6) is 5.75 Å². The van der Waals surface area contributed by atoms with Crippen molar-refractivity contribution in [2.75, 3.05) is 11.9 Å². The van der Waals surface area contributed by atoms with Crippen LogP contribution in [0.2, 0.25) is 0 Å². The summed E-state index contributed by atoms with van der Waals surface area (Å²) in [7, 11) is 0. The molecular weight excluding hydrogens is 429 g/mol. The Hall–Kier alpha value is -2.27. The second-order valence-corrected chi connectivity index (χ2v) is 8.10. The summed E-state index contributed by atoms with van der Waals surface area (Å²) in [5.41, 5.74) is -0.926. The number of aromatic nitrogens is 1. The Bertz CT molecular complexity index is 916. The molecule has 0 spiro atoms. The van der Waals surface area contributed by atoms with E-state index in [2.05, 4.69) is 26.9 Å². The summed E-state index contributed by atoms with van der Waals surface area (Å²) in [5.74, 6) is -1.30. The number of carbonyl (C=O) groups excluding carboxylic acids is 1. The quantitative estimate of drug-likeness (QED) is 0.603. The summed E-state index contributed by atoms with van der Waals surface area (Å²) in [5, 5.41) is 2.82. The number of thiazole rings is 1. The number of likely N-dealkylation sites (tertiary alicyclic amines) is 1. The van der Waals surface area contributed by atoms with Crippen molar-refractivity contribution in [3.63, 3.8) is 0 Å². The van der Waals surface area contributed by atoms with Crippen LogP contribution in [-0.2, 0) is 17.5 Å². The van der Waals surface area contributed by atoms with E-state index in [-0.39, 0.29) is 22.3 Å². The van der Waals surface area contributed by atoms with Crippen LogP contribution in [0.15, 0.2) is 18.2 Å². The van der Waals surface area contributed by atoms with E-state index in [4.69, 9.17) is 0 Å². The molecule has 2 aromatic rings. The van der Waals surface area contributed by atoms with Crippen molar-refractivity contribution in [3.05, 3.63) is 28.6 Å². The van der Waals surface area contributed by atoms with Crippen LogP contribution in [0.25, 0.3) is 11.3 Å². The highest BCUT2D eigenvalue weighted by Gasteiger charge is 2.36. The van der Waals surface area contributed by atoms with Crippen LogP contribution in [0, 0.1) is 0 Å². The van der Waals surface area contributed by atoms with Crippen molar-refractivity contribution < 1.29 is 31.5 Å². The lowest BCUT2D eigenvalue weighted by atomic mass is 10.1. The zero-order valence-corrected chi connectivity index (χ0v) is 17.0. The van der Waals surface area contributed by atoms with Gasteiger partial charge in [-0.1, -0.05) is 11.3 Å². The molecule has 0 bridgehead atoms. The Kier molecular flexibility index (Phi) is 6.61. The molecule has 1 aromatic carbocycles. The summed E-state index contributed by atoms with van der Waals surface area (Å²) < 4.78 is 69.4. The van der Waals surface area contributed by atoms with Crippen LogP contribution in [0.1, 0.15) is 37.1 Å². The number of nitrogens with zero attached hydrogens (tertiary/aromatic N) is 2. The third-order valence-electron chi connectivity index (χ3n) is 4.79. The third kappa shape index (κ3) is 5.25. The summed E-state index contributed by atoms with van der Waals surface area (Å²) in [4.78, 5) is 18.6. The minimum atomic E-state index is -4.89. The number of ether oxygens (including phenoxy) is 1. The average molecular weight is 449 g/mol. The molecule has 3 rings (SSSR count). The molecule has 11 heteroatoms. The Balaban J connectivity index is 2.04. The summed E-state index contributed by atoms with van der Waals surface area (Å²) in [6.45, 7) is 1.31. The van der Waals surface area contributed by atoms with Crippen LogP contribution < -0.4 is 10.1 Å². The molecule has 0 saturated carbocycles. The minimum absolute atomic E-state index is 0.110. The molecule has 1 saturated heterocycles. The molecule has 1 atom stereocenters. The lowest BCUT2D eigenvalue weighted by molar-refractivity contribution is -0.141. The third-order valence-corrected chi connectivity index (χ3v) is 5.75. The topological polar surface area (TPSA) is 54.5 Å². The zero-order chi connectivity index (χ0) is 22.1. The number of hydrogen-bond acceptors (Lipinski definition) is 5. The number of anilines is 1. The predicted octanol–water partition coefficient (Wildman–Crippen LogP) is 5.37. The van der Waals surface area contributed by atoms with Gasteiger partial charge in [-0.25, -0.2) is 4.98 Å². The minimum Gasteiger partial charge on any atom is -0.434 e. The van der Waals surface area contributed by atoms with Gasteiger partial charge in [0, 0.05) is 30.0 Å². The van der Waals surface area contributed by atoms with E-state index in [1.165, 1.54) is 24.3 Å². The molecule has 5 nitrogen and oxygen atoms in total. The van der Waals surface area contributed by atoms with Gasteiger partial charge in [-0.2, -0.15) is 22.0 Å². The summed E-state index contributed by atoms with van der Waals surface area (Å²) >= 11 is 1.18. The van der Waals surface area contributed by atoms with Crippen LogP contribution >= 0.6 is 11.3 Å². The van der Waals surface area contributed by atoms with Gasteiger partial charge in [0.15, 0.2) is 5.13 Å². The van der Waals surface area contributed by atoms with E-state index in [0.29, 0.717) is 17.5 Å². The average Bonchev–Trinajstić information content (AvgIpc) is 3.20. The van der Waals surface area contributed by atoms with Gasteiger partial charge in [0.05, 0.1) is 11.3 Å². The smallest absolute Gasteiger partial charge is 0.419 e. The van der Waals surface area contributed by atoms with E-state index >= 15 is 0 Å². The van der Waals surface area contributed by atoms with Crippen LogP contribution in [0.3, 0.4) is 0 Å². The van der Waals surface area contributed by atoms with Crippen molar-refractivity contribution in [2.24, 2.45) is 0 Å². The van der Waals surface area contributed by atoms with E-state index in [1.54, 1.807) is 0 Å². The normalized spacial score (nSPS) is 17.5.